The largest absolute Gasteiger partial charge is 0.312 e. The number of carbonyl (C=O) groups excluding carboxylic acids is 1. The van der Waals surface area contributed by atoms with Crippen molar-refractivity contribution in [1.82, 2.24) is 9.97 Å². The minimum Gasteiger partial charge on any atom is -0.312 e. The van der Waals surface area contributed by atoms with Gasteiger partial charge in [-0.2, -0.15) is 0 Å². The van der Waals surface area contributed by atoms with Gasteiger partial charge in [-0.15, -0.1) is 0 Å². The van der Waals surface area contributed by atoms with Crippen molar-refractivity contribution in [3.63, 3.8) is 0 Å². The summed E-state index contributed by atoms with van der Waals surface area (Å²) in [5.74, 6) is 0.409. The van der Waals surface area contributed by atoms with E-state index in [1.54, 1.807) is 17.0 Å². The molecule has 4 nitrogen and oxygen atoms in total. The van der Waals surface area contributed by atoms with Crippen LogP contribution in [0.5, 0.6) is 0 Å². The molecular weight excluding hydrogens is 373 g/mol. The lowest BCUT2D eigenvalue weighted by Crippen LogP contribution is -2.32. The third-order valence-corrected chi connectivity index (χ3v) is 5.08. The molecule has 1 aromatic heterocycles. The van der Waals surface area contributed by atoms with E-state index in [1.807, 2.05) is 51.1 Å². The van der Waals surface area contributed by atoms with E-state index in [1.165, 1.54) is 23.9 Å². The maximum atomic E-state index is 13.5. The van der Waals surface area contributed by atoms with Crippen molar-refractivity contribution < 1.29 is 9.18 Å². The van der Waals surface area contributed by atoms with Gasteiger partial charge in [0.15, 0.2) is 5.82 Å². The molecule has 0 unspecified atom stereocenters. The van der Waals surface area contributed by atoms with Gasteiger partial charge in [0.25, 0.3) is 0 Å². The average molecular weight is 396 g/mol. The van der Waals surface area contributed by atoms with E-state index in [0.29, 0.717) is 23.0 Å². The summed E-state index contributed by atoms with van der Waals surface area (Å²) in [6, 6.07) is 15.9. The van der Waals surface area contributed by atoms with E-state index in [0.717, 1.165) is 16.9 Å². The quantitative estimate of drug-likeness (QED) is 0.433. The number of thioether (sulfide) groups is 1. The van der Waals surface area contributed by atoms with Crippen LogP contribution in [0.3, 0.4) is 0 Å². The first-order valence-corrected chi connectivity index (χ1v) is 10.1. The number of aromatic nitrogens is 2. The SMILES string of the molecule is CCN(C(=O)CSc1cc(C)nc(-c2cccc(F)c2)n1)c1cccc(C)c1. The van der Waals surface area contributed by atoms with Crippen LogP contribution >= 0.6 is 11.8 Å². The van der Waals surface area contributed by atoms with Crippen molar-refractivity contribution >= 4 is 23.4 Å². The van der Waals surface area contributed by atoms with Gasteiger partial charge in [-0.05, 0) is 56.7 Å². The number of benzene rings is 2. The lowest BCUT2D eigenvalue weighted by Gasteiger charge is -2.21. The molecule has 0 N–H and O–H groups in total. The molecule has 0 saturated heterocycles. The fourth-order valence-electron chi connectivity index (χ4n) is 2.88. The van der Waals surface area contributed by atoms with Gasteiger partial charge in [0, 0.05) is 23.5 Å². The average Bonchev–Trinajstić information content (AvgIpc) is 2.67. The Balaban J connectivity index is 1.76. The second-order valence-electron chi connectivity index (χ2n) is 6.45. The van der Waals surface area contributed by atoms with Crippen LogP contribution in [0.2, 0.25) is 0 Å². The molecule has 0 aliphatic carbocycles. The highest BCUT2D eigenvalue weighted by Gasteiger charge is 2.15. The zero-order valence-corrected chi connectivity index (χ0v) is 17.0. The number of hydrogen-bond donors (Lipinski definition) is 0. The molecule has 6 heteroatoms. The molecule has 0 fully saturated rings. The number of carbonyl (C=O) groups is 1. The second-order valence-corrected chi connectivity index (χ2v) is 7.44. The zero-order valence-electron chi connectivity index (χ0n) is 16.1. The van der Waals surface area contributed by atoms with Crippen molar-refractivity contribution in [3.8, 4) is 11.4 Å². The molecule has 0 bridgehead atoms. The number of aryl methyl sites for hydroxylation is 2. The summed E-state index contributed by atoms with van der Waals surface area (Å²) >= 11 is 1.36. The Labute approximate surface area is 168 Å². The molecule has 144 valence electrons. The minimum absolute atomic E-state index is 0.0154. The molecule has 3 rings (SSSR count). The molecular formula is C22H22FN3OS. The monoisotopic (exact) mass is 395 g/mol. The highest BCUT2D eigenvalue weighted by molar-refractivity contribution is 7.99. The summed E-state index contributed by atoms with van der Waals surface area (Å²) in [5.41, 5.74) is 3.40. The van der Waals surface area contributed by atoms with Gasteiger partial charge in [0.1, 0.15) is 10.8 Å². The molecule has 1 heterocycles. The molecule has 0 atom stereocenters. The molecule has 0 radical (unpaired) electrons. The molecule has 3 aromatic rings. The fourth-order valence-corrected chi connectivity index (χ4v) is 3.71. The topological polar surface area (TPSA) is 46.1 Å². The first kappa shape index (κ1) is 20.0. The molecule has 0 aliphatic heterocycles. The minimum atomic E-state index is -0.330. The first-order chi connectivity index (χ1) is 13.5. The van der Waals surface area contributed by atoms with Crippen LogP contribution in [0.1, 0.15) is 18.2 Å². The summed E-state index contributed by atoms with van der Waals surface area (Å²) in [4.78, 5) is 23.4. The number of amides is 1. The number of hydrogen-bond acceptors (Lipinski definition) is 4. The Morgan fingerprint density at radius 1 is 1.07 bits per heavy atom. The van der Waals surface area contributed by atoms with Gasteiger partial charge < -0.3 is 4.90 Å². The van der Waals surface area contributed by atoms with Gasteiger partial charge in [-0.1, -0.05) is 36.0 Å². The van der Waals surface area contributed by atoms with E-state index in [9.17, 15) is 9.18 Å². The fraction of sp³-hybridized carbons (Fsp3) is 0.227. The zero-order chi connectivity index (χ0) is 20.1. The summed E-state index contributed by atoms with van der Waals surface area (Å²) in [7, 11) is 0. The van der Waals surface area contributed by atoms with Gasteiger partial charge in [-0.3, -0.25) is 4.79 Å². The normalized spacial score (nSPS) is 10.7. The Bertz CT molecular complexity index is 993. The van der Waals surface area contributed by atoms with E-state index in [4.69, 9.17) is 0 Å². The lowest BCUT2D eigenvalue weighted by molar-refractivity contribution is -0.116. The molecule has 2 aromatic carbocycles. The summed E-state index contributed by atoms with van der Waals surface area (Å²) in [6.07, 6.45) is 0. The van der Waals surface area contributed by atoms with Gasteiger partial charge >= 0.3 is 0 Å². The highest BCUT2D eigenvalue weighted by atomic mass is 32.2. The maximum absolute atomic E-state index is 13.5. The van der Waals surface area contributed by atoms with Crippen molar-refractivity contribution in [3.05, 3.63) is 71.7 Å². The highest BCUT2D eigenvalue weighted by Crippen LogP contribution is 2.24. The van der Waals surface area contributed by atoms with Crippen LogP contribution in [0.15, 0.2) is 59.6 Å². The first-order valence-electron chi connectivity index (χ1n) is 9.07. The Morgan fingerprint density at radius 3 is 2.57 bits per heavy atom. The molecule has 28 heavy (non-hydrogen) atoms. The van der Waals surface area contributed by atoms with Crippen molar-refractivity contribution in [2.75, 3.05) is 17.2 Å². The molecule has 0 spiro atoms. The number of anilines is 1. The second kappa shape index (κ2) is 8.97. The van der Waals surface area contributed by atoms with Crippen LogP contribution in [-0.4, -0.2) is 28.2 Å². The Kier molecular flexibility index (Phi) is 6.41. The van der Waals surface area contributed by atoms with Gasteiger partial charge in [-0.25, -0.2) is 14.4 Å². The van der Waals surface area contributed by atoms with E-state index < -0.39 is 0 Å². The Morgan fingerprint density at radius 2 is 1.86 bits per heavy atom. The van der Waals surface area contributed by atoms with Crippen molar-refractivity contribution in [2.45, 2.75) is 25.8 Å². The number of halogens is 1. The number of rotatable bonds is 6. The Hall–Kier alpha value is -2.73. The van der Waals surface area contributed by atoms with E-state index in [2.05, 4.69) is 9.97 Å². The van der Waals surface area contributed by atoms with Gasteiger partial charge in [0.05, 0.1) is 5.75 Å². The number of nitrogens with zero attached hydrogens (tertiary/aromatic N) is 3. The van der Waals surface area contributed by atoms with E-state index in [-0.39, 0.29) is 17.5 Å². The third kappa shape index (κ3) is 4.95. The summed E-state index contributed by atoms with van der Waals surface area (Å²) in [5, 5.41) is 0.695. The van der Waals surface area contributed by atoms with Gasteiger partial charge in [0.2, 0.25) is 5.91 Å². The van der Waals surface area contributed by atoms with E-state index >= 15 is 0 Å². The molecule has 0 aliphatic rings. The predicted molar refractivity (Wildman–Crippen MR) is 112 cm³/mol. The smallest absolute Gasteiger partial charge is 0.237 e. The van der Waals surface area contributed by atoms with Crippen LogP contribution < -0.4 is 4.90 Å². The molecule has 1 amide bonds. The molecule has 0 saturated carbocycles. The summed E-state index contributed by atoms with van der Waals surface area (Å²) in [6.45, 7) is 6.43. The maximum Gasteiger partial charge on any atom is 0.237 e. The van der Waals surface area contributed by atoms with Crippen LogP contribution in [0.25, 0.3) is 11.4 Å². The lowest BCUT2D eigenvalue weighted by atomic mass is 10.2. The van der Waals surface area contributed by atoms with Crippen LogP contribution in [-0.2, 0) is 4.79 Å². The standard InChI is InChI=1S/C22H22FN3OS/c1-4-26(19-10-5-7-15(2)11-19)21(27)14-28-20-12-16(3)24-22(25-20)17-8-6-9-18(23)13-17/h5-13H,4,14H2,1-3H3. The summed E-state index contributed by atoms with van der Waals surface area (Å²) < 4.78 is 13.5. The third-order valence-electron chi connectivity index (χ3n) is 4.19. The predicted octanol–water partition coefficient (Wildman–Crippen LogP) is 5.04. The van der Waals surface area contributed by atoms with Crippen LogP contribution in [0, 0.1) is 19.7 Å². The van der Waals surface area contributed by atoms with Crippen molar-refractivity contribution in [1.29, 1.82) is 0 Å². The van der Waals surface area contributed by atoms with Crippen molar-refractivity contribution in [2.24, 2.45) is 0 Å². The van der Waals surface area contributed by atoms with Crippen LogP contribution in [0.4, 0.5) is 10.1 Å².